The molecule has 4 heteroatoms. The third kappa shape index (κ3) is 6.70. The normalized spacial score (nSPS) is 10.0. The first-order valence-electron chi connectivity index (χ1n) is 7.04. The average Bonchev–Trinajstić information content (AvgIpc) is 2.39. The second-order valence-electron chi connectivity index (χ2n) is 4.40. The summed E-state index contributed by atoms with van der Waals surface area (Å²) in [4.78, 5) is 11.7. The number of carbonyl (C=O) groups is 1. The lowest BCUT2D eigenvalue weighted by Crippen LogP contribution is -2.29. The quantitative estimate of drug-likeness (QED) is 0.702. The van der Waals surface area contributed by atoms with Crippen LogP contribution in [0.1, 0.15) is 39.5 Å². The standard InChI is InChI=1S/C15H24N2O2/c1-3-5-6-7-11-16-15(18)17-13-9-8-10-14(12-13)19-4-2/h8-10,12H,3-7,11H2,1-2H3,(H2,16,17,18). The summed E-state index contributed by atoms with van der Waals surface area (Å²) in [7, 11) is 0. The molecule has 4 nitrogen and oxygen atoms in total. The minimum absolute atomic E-state index is 0.162. The predicted molar refractivity (Wildman–Crippen MR) is 78.8 cm³/mol. The van der Waals surface area contributed by atoms with E-state index < -0.39 is 0 Å². The van der Waals surface area contributed by atoms with Gasteiger partial charge in [-0.1, -0.05) is 32.3 Å². The van der Waals surface area contributed by atoms with Crippen molar-refractivity contribution in [3.05, 3.63) is 24.3 Å². The van der Waals surface area contributed by atoms with Gasteiger partial charge in [0.2, 0.25) is 0 Å². The second kappa shape index (κ2) is 9.25. The van der Waals surface area contributed by atoms with E-state index in [1.165, 1.54) is 12.8 Å². The zero-order chi connectivity index (χ0) is 13.9. The van der Waals surface area contributed by atoms with Crippen LogP contribution in [-0.4, -0.2) is 19.2 Å². The van der Waals surface area contributed by atoms with Crippen LogP contribution in [0, 0.1) is 0 Å². The predicted octanol–water partition coefficient (Wildman–Crippen LogP) is 3.79. The molecule has 1 aromatic rings. The van der Waals surface area contributed by atoms with E-state index in [1.54, 1.807) is 0 Å². The van der Waals surface area contributed by atoms with Crippen LogP contribution in [0.2, 0.25) is 0 Å². The maximum Gasteiger partial charge on any atom is 0.319 e. The van der Waals surface area contributed by atoms with Crippen molar-refractivity contribution in [3.8, 4) is 5.75 Å². The van der Waals surface area contributed by atoms with Gasteiger partial charge in [-0.3, -0.25) is 0 Å². The molecule has 0 radical (unpaired) electrons. The lowest BCUT2D eigenvalue weighted by molar-refractivity contribution is 0.252. The van der Waals surface area contributed by atoms with Crippen molar-refractivity contribution in [2.45, 2.75) is 39.5 Å². The van der Waals surface area contributed by atoms with Crippen LogP contribution in [0.4, 0.5) is 10.5 Å². The van der Waals surface area contributed by atoms with Gasteiger partial charge in [0, 0.05) is 18.3 Å². The fourth-order valence-electron chi connectivity index (χ4n) is 1.76. The number of nitrogens with one attached hydrogen (secondary N) is 2. The average molecular weight is 264 g/mol. The number of amides is 2. The Kier molecular flexibility index (Phi) is 7.47. The lowest BCUT2D eigenvalue weighted by Gasteiger charge is -2.09. The number of anilines is 1. The molecule has 106 valence electrons. The monoisotopic (exact) mass is 264 g/mol. The van der Waals surface area contributed by atoms with E-state index in [1.807, 2.05) is 31.2 Å². The van der Waals surface area contributed by atoms with Crippen LogP contribution in [-0.2, 0) is 0 Å². The summed E-state index contributed by atoms with van der Waals surface area (Å²) in [5.74, 6) is 0.767. The molecular weight excluding hydrogens is 240 g/mol. The molecule has 0 aliphatic rings. The van der Waals surface area contributed by atoms with Crippen LogP contribution >= 0.6 is 0 Å². The fourth-order valence-corrected chi connectivity index (χ4v) is 1.76. The highest BCUT2D eigenvalue weighted by Crippen LogP contribution is 2.16. The van der Waals surface area contributed by atoms with Gasteiger partial charge >= 0.3 is 6.03 Å². The Morgan fingerprint density at radius 2 is 2.05 bits per heavy atom. The number of rotatable bonds is 8. The number of unbranched alkanes of at least 4 members (excludes halogenated alkanes) is 3. The molecule has 1 rings (SSSR count). The van der Waals surface area contributed by atoms with Crippen LogP contribution in [0.3, 0.4) is 0 Å². The molecule has 2 amide bonds. The van der Waals surface area contributed by atoms with Crippen LogP contribution in [0.25, 0.3) is 0 Å². The zero-order valence-corrected chi connectivity index (χ0v) is 11.9. The van der Waals surface area contributed by atoms with Crippen LogP contribution in [0.5, 0.6) is 5.75 Å². The smallest absolute Gasteiger partial charge is 0.319 e. The second-order valence-corrected chi connectivity index (χ2v) is 4.40. The minimum atomic E-state index is -0.162. The SMILES string of the molecule is CCCCCCNC(=O)Nc1cccc(OCC)c1. The summed E-state index contributed by atoms with van der Waals surface area (Å²) in [6.45, 7) is 5.44. The van der Waals surface area contributed by atoms with Crippen LogP contribution in [0.15, 0.2) is 24.3 Å². The van der Waals surface area contributed by atoms with E-state index >= 15 is 0 Å². The summed E-state index contributed by atoms with van der Waals surface area (Å²) in [5, 5.41) is 5.65. The Morgan fingerprint density at radius 1 is 1.21 bits per heavy atom. The molecule has 0 spiro atoms. The van der Waals surface area contributed by atoms with Gasteiger partial charge < -0.3 is 15.4 Å². The van der Waals surface area contributed by atoms with Crippen LogP contribution < -0.4 is 15.4 Å². The van der Waals surface area contributed by atoms with E-state index in [9.17, 15) is 4.79 Å². The fraction of sp³-hybridized carbons (Fsp3) is 0.533. The van der Waals surface area contributed by atoms with Crippen molar-refractivity contribution in [1.29, 1.82) is 0 Å². The molecule has 0 fully saturated rings. The number of carbonyl (C=O) groups excluding carboxylic acids is 1. The molecule has 0 atom stereocenters. The summed E-state index contributed by atoms with van der Waals surface area (Å²) >= 11 is 0. The van der Waals surface area contributed by atoms with Gasteiger partial charge in [-0.25, -0.2) is 4.79 Å². The van der Waals surface area contributed by atoms with E-state index in [4.69, 9.17) is 4.74 Å². The number of benzene rings is 1. The van der Waals surface area contributed by atoms with Crippen molar-refractivity contribution >= 4 is 11.7 Å². The molecule has 0 aliphatic heterocycles. The Labute approximate surface area is 115 Å². The van der Waals surface area contributed by atoms with Gasteiger partial charge in [0.05, 0.1) is 6.61 Å². The number of hydrogen-bond donors (Lipinski definition) is 2. The lowest BCUT2D eigenvalue weighted by atomic mass is 10.2. The minimum Gasteiger partial charge on any atom is -0.494 e. The third-order valence-corrected chi connectivity index (χ3v) is 2.72. The molecule has 2 N–H and O–H groups in total. The van der Waals surface area contributed by atoms with E-state index in [0.29, 0.717) is 6.61 Å². The summed E-state index contributed by atoms with van der Waals surface area (Å²) in [5.41, 5.74) is 0.747. The van der Waals surface area contributed by atoms with Gasteiger partial charge in [0.1, 0.15) is 5.75 Å². The maximum atomic E-state index is 11.7. The van der Waals surface area contributed by atoms with Crippen molar-refractivity contribution in [3.63, 3.8) is 0 Å². The Bertz CT molecular complexity index is 380. The van der Waals surface area contributed by atoms with Gasteiger partial charge in [-0.2, -0.15) is 0 Å². The molecule has 0 aromatic heterocycles. The first kappa shape index (κ1) is 15.3. The van der Waals surface area contributed by atoms with Crippen molar-refractivity contribution in [2.75, 3.05) is 18.5 Å². The highest BCUT2D eigenvalue weighted by atomic mass is 16.5. The molecule has 0 unspecified atom stereocenters. The molecule has 0 saturated carbocycles. The Hall–Kier alpha value is -1.71. The topological polar surface area (TPSA) is 50.4 Å². The zero-order valence-electron chi connectivity index (χ0n) is 11.9. The number of urea groups is 1. The first-order valence-corrected chi connectivity index (χ1v) is 7.04. The number of hydrogen-bond acceptors (Lipinski definition) is 2. The largest absolute Gasteiger partial charge is 0.494 e. The highest BCUT2D eigenvalue weighted by molar-refractivity contribution is 5.89. The van der Waals surface area contributed by atoms with E-state index in [-0.39, 0.29) is 6.03 Å². The molecule has 0 aliphatic carbocycles. The van der Waals surface area contributed by atoms with E-state index in [2.05, 4.69) is 17.6 Å². The maximum absolute atomic E-state index is 11.7. The van der Waals surface area contributed by atoms with Gasteiger partial charge in [-0.05, 0) is 25.5 Å². The van der Waals surface area contributed by atoms with E-state index in [0.717, 1.165) is 30.8 Å². The van der Waals surface area contributed by atoms with Crippen molar-refractivity contribution < 1.29 is 9.53 Å². The molecule has 0 heterocycles. The molecule has 0 saturated heterocycles. The molecule has 0 bridgehead atoms. The Morgan fingerprint density at radius 3 is 2.79 bits per heavy atom. The Balaban J connectivity index is 2.29. The number of ether oxygens (including phenoxy) is 1. The first-order chi connectivity index (χ1) is 9.26. The summed E-state index contributed by atoms with van der Waals surface area (Å²) in [6, 6.07) is 7.24. The van der Waals surface area contributed by atoms with Gasteiger partial charge in [-0.15, -0.1) is 0 Å². The summed E-state index contributed by atoms with van der Waals surface area (Å²) in [6.07, 6.45) is 4.62. The third-order valence-electron chi connectivity index (χ3n) is 2.72. The molecular formula is C15H24N2O2. The van der Waals surface area contributed by atoms with Gasteiger partial charge in [0.25, 0.3) is 0 Å². The highest BCUT2D eigenvalue weighted by Gasteiger charge is 2.02. The van der Waals surface area contributed by atoms with Gasteiger partial charge in [0.15, 0.2) is 0 Å². The molecule has 19 heavy (non-hydrogen) atoms. The molecule has 1 aromatic carbocycles. The van der Waals surface area contributed by atoms with Crippen molar-refractivity contribution in [1.82, 2.24) is 5.32 Å². The van der Waals surface area contributed by atoms with Crippen molar-refractivity contribution in [2.24, 2.45) is 0 Å². The summed E-state index contributed by atoms with van der Waals surface area (Å²) < 4.78 is 5.38.